The van der Waals surface area contributed by atoms with Gasteiger partial charge in [0.25, 0.3) is 0 Å². The number of fused-ring (bicyclic) bond motifs is 1. The van der Waals surface area contributed by atoms with Crippen molar-refractivity contribution in [3.63, 3.8) is 0 Å². The molecule has 6 heteroatoms. The molecule has 3 nitrogen and oxygen atoms in total. The molecule has 22 heavy (non-hydrogen) atoms. The summed E-state index contributed by atoms with van der Waals surface area (Å²) in [6.07, 6.45) is 3.69. The lowest BCUT2D eigenvalue weighted by Gasteiger charge is -2.07. The van der Waals surface area contributed by atoms with E-state index in [9.17, 15) is 4.79 Å². The van der Waals surface area contributed by atoms with Gasteiger partial charge in [0.15, 0.2) is 5.16 Å². The van der Waals surface area contributed by atoms with Gasteiger partial charge >= 0.3 is 0 Å². The van der Waals surface area contributed by atoms with E-state index in [1.165, 1.54) is 11.8 Å². The van der Waals surface area contributed by atoms with Crippen molar-refractivity contribution in [3.05, 3.63) is 34.8 Å². The fourth-order valence-corrected chi connectivity index (χ4v) is 3.92. The number of thioether (sulfide) groups is 1. The minimum atomic E-state index is -0.146. The SMILES string of the molecule is CSc1nc2ccccc2n1C(=O)[C@H]1[C@@H](C=C(Cl)Cl)C1(C)C. The molecule has 0 N–H and O–H groups in total. The normalized spacial score (nSPS) is 22.6. The van der Waals surface area contributed by atoms with Crippen LogP contribution in [-0.4, -0.2) is 21.7 Å². The molecule has 0 spiro atoms. The van der Waals surface area contributed by atoms with Crippen LogP contribution in [-0.2, 0) is 0 Å². The predicted octanol–water partition coefficient (Wildman–Crippen LogP) is 4.99. The molecule has 0 bridgehead atoms. The van der Waals surface area contributed by atoms with Crippen LogP contribution in [0.3, 0.4) is 0 Å². The molecule has 2 aromatic rings. The number of allylic oxidation sites excluding steroid dienone is 1. The number of benzene rings is 1. The van der Waals surface area contributed by atoms with Crippen molar-refractivity contribution in [3.8, 4) is 0 Å². The van der Waals surface area contributed by atoms with Crippen LogP contribution in [0.25, 0.3) is 11.0 Å². The number of nitrogens with zero attached hydrogens (tertiary/aromatic N) is 2. The second-order valence-corrected chi connectivity index (χ2v) is 7.82. The highest BCUT2D eigenvalue weighted by atomic mass is 35.5. The molecule has 0 radical (unpaired) electrons. The van der Waals surface area contributed by atoms with Crippen LogP contribution < -0.4 is 0 Å². The van der Waals surface area contributed by atoms with Crippen molar-refractivity contribution in [2.45, 2.75) is 19.0 Å². The number of halogens is 2. The Morgan fingerprint density at radius 1 is 1.36 bits per heavy atom. The van der Waals surface area contributed by atoms with Crippen molar-refractivity contribution < 1.29 is 4.79 Å². The maximum absolute atomic E-state index is 13.1. The molecule has 3 rings (SSSR count). The third-order valence-electron chi connectivity index (χ3n) is 4.42. The first-order valence-electron chi connectivity index (χ1n) is 6.96. The Labute approximate surface area is 143 Å². The zero-order chi connectivity index (χ0) is 16.1. The Hall–Kier alpha value is -0.970. The quantitative estimate of drug-likeness (QED) is 0.728. The molecule has 1 saturated carbocycles. The van der Waals surface area contributed by atoms with E-state index in [0.29, 0.717) is 5.16 Å². The van der Waals surface area contributed by atoms with Crippen molar-refractivity contribution in [2.24, 2.45) is 17.3 Å². The van der Waals surface area contributed by atoms with E-state index in [0.717, 1.165) is 11.0 Å². The van der Waals surface area contributed by atoms with Gasteiger partial charge in [-0.1, -0.05) is 60.9 Å². The Kier molecular flexibility index (Phi) is 4.04. The zero-order valence-electron chi connectivity index (χ0n) is 12.5. The number of aromatic nitrogens is 2. The summed E-state index contributed by atoms with van der Waals surface area (Å²) in [5, 5.41) is 0.716. The van der Waals surface area contributed by atoms with E-state index in [1.54, 1.807) is 10.6 Å². The van der Waals surface area contributed by atoms with Crippen LogP contribution in [0.1, 0.15) is 18.6 Å². The molecule has 1 fully saturated rings. The number of carbonyl (C=O) groups excluding carboxylic acids is 1. The average Bonchev–Trinajstić information content (AvgIpc) is 2.84. The van der Waals surface area contributed by atoms with Crippen LogP contribution in [0.4, 0.5) is 0 Å². The van der Waals surface area contributed by atoms with Crippen molar-refractivity contribution >= 4 is 51.9 Å². The van der Waals surface area contributed by atoms with Gasteiger partial charge in [-0.3, -0.25) is 9.36 Å². The summed E-state index contributed by atoms with van der Waals surface area (Å²) < 4.78 is 1.94. The molecule has 0 aliphatic heterocycles. The van der Waals surface area contributed by atoms with Gasteiger partial charge in [0, 0.05) is 0 Å². The Bertz CT molecular complexity index is 778. The van der Waals surface area contributed by atoms with Gasteiger partial charge in [0.2, 0.25) is 5.91 Å². The van der Waals surface area contributed by atoms with E-state index in [2.05, 4.69) is 18.8 Å². The second-order valence-electron chi connectivity index (χ2n) is 6.04. The molecule has 0 saturated heterocycles. The summed E-state index contributed by atoms with van der Waals surface area (Å²) in [6.45, 7) is 4.12. The second kappa shape index (κ2) is 5.59. The van der Waals surface area contributed by atoms with Crippen LogP contribution in [0, 0.1) is 17.3 Å². The third-order valence-corrected chi connectivity index (χ3v) is 5.31. The zero-order valence-corrected chi connectivity index (χ0v) is 14.8. The summed E-state index contributed by atoms with van der Waals surface area (Å²) in [5.41, 5.74) is 1.54. The minimum Gasteiger partial charge on any atom is -0.274 e. The number of carbonyl (C=O) groups is 1. The maximum atomic E-state index is 13.1. The number of imidazole rings is 1. The van der Waals surface area contributed by atoms with Gasteiger partial charge < -0.3 is 0 Å². The Morgan fingerprint density at radius 2 is 2.05 bits per heavy atom. The molecule has 116 valence electrons. The summed E-state index contributed by atoms with van der Waals surface area (Å²) in [5.74, 6) is -0.0248. The fraction of sp³-hybridized carbons (Fsp3) is 0.375. The maximum Gasteiger partial charge on any atom is 0.237 e. The van der Waals surface area contributed by atoms with Gasteiger partial charge in [-0.15, -0.1) is 0 Å². The molecule has 0 amide bonds. The summed E-state index contributed by atoms with van der Waals surface area (Å²) in [4.78, 5) is 17.6. The van der Waals surface area contributed by atoms with Gasteiger partial charge in [0.1, 0.15) is 4.49 Å². The summed E-state index contributed by atoms with van der Waals surface area (Å²) in [7, 11) is 0. The van der Waals surface area contributed by atoms with E-state index in [1.807, 2.05) is 30.5 Å². The van der Waals surface area contributed by atoms with Gasteiger partial charge in [-0.2, -0.15) is 0 Å². The third kappa shape index (κ3) is 2.47. The van der Waals surface area contributed by atoms with Gasteiger partial charge in [-0.05, 0) is 35.8 Å². The highest BCUT2D eigenvalue weighted by molar-refractivity contribution is 7.98. The molecular weight excluding hydrogens is 339 g/mol. The van der Waals surface area contributed by atoms with Gasteiger partial charge in [0.05, 0.1) is 17.0 Å². The number of hydrogen-bond donors (Lipinski definition) is 0. The van der Waals surface area contributed by atoms with E-state index < -0.39 is 0 Å². The van der Waals surface area contributed by atoms with E-state index >= 15 is 0 Å². The number of para-hydroxylation sites is 2. The molecule has 1 aromatic carbocycles. The first-order chi connectivity index (χ1) is 10.4. The van der Waals surface area contributed by atoms with Crippen LogP contribution in [0.5, 0.6) is 0 Å². The molecular formula is C16H16Cl2N2OS. The molecule has 2 atom stereocenters. The average molecular weight is 355 g/mol. The highest BCUT2D eigenvalue weighted by Gasteiger charge is 2.61. The standard InChI is InChI=1S/C16H16Cl2N2OS/c1-16(2)9(8-12(17)18)13(16)14(21)20-11-7-5-4-6-10(11)19-15(20)22-3/h4-9,13H,1-3H3/t9-,13-/m1/s1. The first-order valence-corrected chi connectivity index (χ1v) is 8.94. The van der Waals surface area contributed by atoms with Gasteiger partial charge in [-0.25, -0.2) is 4.98 Å². The lowest BCUT2D eigenvalue weighted by atomic mass is 10.1. The molecule has 1 aromatic heterocycles. The van der Waals surface area contributed by atoms with Crippen molar-refractivity contribution in [1.82, 2.24) is 9.55 Å². The van der Waals surface area contributed by atoms with E-state index in [4.69, 9.17) is 23.2 Å². The number of hydrogen-bond acceptors (Lipinski definition) is 3. The Balaban J connectivity index is 2.05. The molecule has 1 aliphatic rings. The predicted molar refractivity (Wildman–Crippen MR) is 92.7 cm³/mol. The van der Waals surface area contributed by atoms with E-state index in [-0.39, 0.29) is 27.6 Å². The van der Waals surface area contributed by atoms with Crippen LogP contribution >= 0.6 is 35.0 Å². The topological polar surface area (TPSA) is 34.9 Å². The lowest BCUT2D eigenvalue weighted by Crippen LogP contribution is -2.16. The van der Waals surface area contributed by atoms with Crippen molar-refractivity contribution in [1.29, 1.82) is 0 Å². The monoisotopic (exact) mass is 354 g/mol. The van der Waals surface area contributed by atoms with Crippen LogP contribution in [0.2, 0.25) is 0 Å². The van der Waals surface area contributed by atoms with Crippen LogP contribution in [0.15, 0.2) is 40.0 Å². The number of rotatable bonds is 3. The first kappa shape index (κ1) is 15.9. The smallest absolute Gasteiger partial charge is 0.237 e. The fourth-order valence-electron chi connectivity index (χ4n) is 3.09. The minimum absolute atomic E-state index is 0.0545. The molecule has 0 unspecified atom stereocenters. The Morgan fingerprint density at radius 3 is 2.68 bits per heavy atom. The molecule has 1 heterocycles. The summed E-state index contributed by atoms with van der Waals surface area (Å²) in [6, 6.07) is 7.69. The molecule has 1 aliphatic carbocycles. The lowest BCUT2D eigenvalue weighted by molar-refractivity contribution is 0.0863. The highest BCUT2D eigenvalue weighted by Crippen LogP contribution is 2.60. The summed E-state index contributed by atoms with van der Waals surface area (Å²) >= 11 is 13.0. The van der Waals surface area contributed by atoms with Crippen molar-refractivity contribution in [2.75, 3.05) is 6.26 Å². The largest absolute Gasteiger partial charge is 0.274 e.